The van der Waals surface area contributed by atoms with Gasteiger partial charge in [-0.15, -0.1) is 0 Å². The van der Waals surface area contributed by atoms with Crippen molar-refractivity contribution in [3.05, 3.63) is 59.7 Å². The second kappa shape index (κ2) is 5.27. The molecular weight excluding hydrogens is 235 g/mol. The Morgan fingerprint density at radius 2 is 2.00 bits per heavy atom. The van der Waals surface area contributed by atoms with Crippen molar-refractivity contribution in [3.63, 3.8) is 0 Å². The van der Waals surface area contributed by atoms with Gasteiger partial charge in [-0.05, 0) is 18.2 Å². The van der Waals surface area contributed by atoms with Crippen LogP contribution in [0.15, 0.2) is 42.5 Å². The number of carbonyl (C=O) groups excluding carboxylic acids is 1. The molecule has 18 heavy (non-hydrogen) atoms. The van der Waals surface area contributed by atoms with Gasteiger partial charge in [0, 0.05) is 12.1 Å². The zero-order valence-electron chi connectivity index (χ0n) is 9.43. The van der Waals surface area contributed by atoms with Gasteiger partial charge in [-0.2, -0.15) is 4.39 Å². The summed E-state index contributed by atoms with van der Waals surface area (Å²) in [6, 6.07) is 10.7. The molecule has 2 N–H and O–H groups in total. The van der Waals surface area contributed by atoms with Gasteiger partial charge in [0.1, 0.15) is 11.4 Å². The van der Waals surface area contributed by atoms with Crippen LogP contribution in [0.25, 0.3) is 0 Å². The van der Waals surface area contributed by atoms with Crippen LogP contribution in [0.4, 0.5) is 4.39 Å². The summed E-state index contributed by atoms with van der Waals surface area (Å²) in [5.74, 6) is -1.09. The molecule has 0 radical (unpaired) electrons. The van der Waals surface area contributed by atoms with Crippen LogP contribution in [0.3, 0.4) is 0 Å². The van der Waals surface area contributed by atoms with Crippen molar-refractivity contribution >= 4 is 5.91 Å². The smallest absolute Gasteiger partial charge is 0.270 e. The zero-order valence-corrected chi connectivity index (χ0v) is 9.43. The van der Waals surface area contributed by atoms with Gasteiger partial charge in [-0.25, -0.2) is 4.98 Å². The first-order chi connectivity index (χ1) is 8.66. The second-order valence-electron chi connectivity index (χ2n) is 3.66. The predicted molar refractivity (Wildman–Crippen MR) is 63.5 cm³/mol. The van der Waals surface area contributed by atoms with Gasteiger partial charge < -0.3 is 10.4 Å². The van der Waals surface area contributed by atoms with E-state index in [0.717, 1.165) is 0 Å². The minimum atomic E-state index is -0.704. The van der Waals surface area contributed by atoms with E-state index in [2.05, 4.69) is 10.3 Å². The Morgan fingerprint density at radius 1 is 1.22 bits per heavy atom. The fraction of sp³-hybridized carbons (Fsp3) is 0.0769. The largest absolute Gasteiger partial charge is 0.508 e. The number of aromatic hydroxyl groups is 1. The Balaban J connectivity index is 2.03. The Morgan fingerprint density at radius 3 is 2.72 bits per heavy atom. The summed E-state index contributed by atoms with van der Waals surface area (Å²) in [5, 5.41) is 12.1. The molecule has 1 aromatic heterocycles. The normalized spacial score (nSPS) is 10.1. The number of amides is 1. The van der Waals surface area contributed by atoms with Crippen LogP contribution < -0.4 is 5.32 Å². The van der Waals surface area contributed by atoms with Crippen molar-refractivity contribution in [1.82, 2.24) is 10.3 Å². The first kappa shape index (κ1) is 12.0. The quantitative estimate of drug-likeness (QED) is 0.812. The van der Waals surface area contributed by atoms with E-state index >= 15 is 0 Å². The highest BCUT2D eigenvalue weighted by molar-refractivity contribution is 5.92. The Bertz CT molecular complexity index is 572. The van der Waals surface area contributed by atoms with Gasteiger partial charge in [0.2, 0.25) is 5.95 Å². The lowest BCUT2D eigenvalue weighted by atomic mass is 10.2. The van der Waals surface area contributed by atoms with Crippen LogP contribution in [0.5, 0.6) is 5.75 Å². The number of halogens is 1. The van der Waals surface area contributed by atoms with E-state index in [1.807, 2.05) is 0 Å². The molecule has 0 aliphatic rings. The van der Waals surface area contributed by atoms with Crippen LogP contribution in [-0.2, 0) is 6.54 Å². The summed E-state index contributed by atoms with van der Waals surface area (Å²) in [4.78, 5) is 15.1. The second-order valence-corrected chi connectivity index (χ2v) is 3.66. The van der Waals surface area contributed by atoms with Crippen LogP contribution in [0.2, 0.25) is 0 Å². The van der Waals surface area contributed by atoms with Crippen molar-refractivity contribution in [2.24, 2.45) is 0 Å². The summed E-state index contributed by atoms with van der Waals surface area (Å²) < 4.78 is 12.8. The molecule has 1 heterocycles. The Kier molecular flexibility index (Phi) is 3.52. The number of phenols is 1. The third-order valence-electron chi connectivity index (χ3n) is 2.38. The Labute approximate surface area is 103 Å². The molecule has 0 aliphatic carbocycles. The van der Waals surface area contributed by atoms with Gasteiger partial charge in [-0.1, -0.05) is 24.3 Å². The highest BCUT2D eigenvalue weighted by Gasteiger charge is 2.08. The van der Waals surface area contributed by atoms with Crippen LogP contribution in [0, 0.1) is 5.95 Å². The summed E-state index contributed by atoms with van der Waals surface area (Å²) in [6.07, 6.45) is 0. The van der Waals surface area contributed by atoms with E-state index in [-0.39, 0.29) is 18.0 Å². The highest BCUT2D eigenvalue weighted by Crippen LogP contribution is 2.14. The van der Waals surface area contributed by atoms with Crippen molar-refractivity contribution in [2.75, 3.05) is 0 Å². The van der Waals surface area contributed by atoms with Crippen molar-refractivity contribution in [1.29, 1.82) is 0 Å². The van der Waals surface area contributed by atoms with Crippen molar-refractivity contribution in [2.45, 2.75) is 6.54 Å². The van der Waals surface area contributed by atoms with Crippen LogP contribution in [0.1, 0.15) is 16.1 Å². The van der Waals surface area contributed by atoms with E-state index in [0.29, 0.717) is 5.56 Å². The molecule has 4 nitrogen and oxygen atoms in total. The van der Waals surface area contributed by atoms with E-state index in [4.69, 9.17) is 0 Å². The molecule has 5 heteroatoms. The summed E-state index contributed by atoms with van der Waals surface area (Å²) >= 11 is 0. The number of hydrogen-bond acceptors (Lipinski definition) is 3. The number of rotatable bonds is 3. The molecular formula is C13H11FN2O2. The maximum absolute atomic E-state index is 12.8. The van der Waals surface area contributed by atoms with Gasteiger partial charge in [0.25, 0.3) is 5.91 Å². The van der Waals surface area contributed by atoms with Crippen molar-refractivity contribution in [3.8, 4) is 5.75 Å². The molecule has 1 amide bonds. The van der Waals surface area contributed by atoms with Crippen LogP contribution >= 0.6 is 0 Å². The number of nitrogens with one attached hydrogen (secondary N) is 1. The Hall–Kier alpha value is -2.43. The van der Waals surface area contributed by atoms with E-state index in [1.54, 1.807) is 18.2 Å². The van der Waals surface area contributed by atoms with Gasteiger partial charge in [0.15, 0.2) is 0 Å². The number of aromatic nitrogens is 1. The van der Waals surface area contributed by atoms with Gasteiger partial charge in [0.05, 0.1) is 0 Å². The van der Waals surface area contributed by atoms with E-state index < -0.39 is 11.9 Å². The number of para-hydroxylation sites is 1. The topological polar surface area (TPSA) is 62.2 Å². The summed E-state index contributed by atoms with van der Waals surface area (Å²) in [7, 11) is 0. The molecule has 0 bridgehead atoms. The maximum Gasteiger partial charge on any atom is 0.270 e. The van der Waals surface area contributed by atoms with Crippen LogP contribution in [-0.4, -0.2) is 16.0 Å². The van der Waals surface area contributed by atoms with Gasteiger partial charge in [-0.3, -0.25) is 4.79 Å². The SMILES string of the molecule is O=C(NCc1ccccc1O)c1cccc(F)n1. The lowest BCUT2D eigenvalue weighted by molar-refractivity contribution is 0.0944. The summed E-state index contributed by atoms with van der Waals surface area (Å²) in [6.45, 7) is 0.156. The highest BCUT2D eigenvalue weighted by atomic mass is 19.1. The third-order valence-corrected chi connectivity index (χ3v) is 2.38. The first-order valence-electron chi connectivity index (χ1n) is 5.34. The number of benzene rings is 1. The number of hydrogen-bond donors (Lipinski definition) is 2. The fourth-order valence-corrected chi connectivity index (χ4v) is 1.46. The minimum Gasteiger partial charge on any atom is -0.508 e. The lowest BCUT2D eigenvalue weighted by Gasteiger charge is -2.06. The number of phenolic OH excluding ortho intramolecular Hbond substituents is 1. The summed E-state index contributed by atoms with van der Waals surface area (Å²) in [5.41, 5.74) is 0.590. The van der Waals surface area contributed by atoms with Gasteiger partial charge >= 0.3 is 0 Å². The molecule has 0 fully saturated rings. The average molecular weight is 246 g/mol. The molecule has 0 unspecified atom stereocenters. The number of pyridine rings is 1. The van der Waals surface area contributed by atoms with Crippen molar-refractivity contribution < 1.29 is 14.3 Å². The van der Waals surface area contributed by atoms with E-state index in [9.17, 15) is 14.3 Å². The minimum absolute atomic E-state index is 0.00502. The predicted octanol–water partition coefficient (Wildman–Crippen LogP) is 1.86. The maximum atomic E-state index is 12.8. The molecule has 0 aliphatic heterocycles. The lowest BCUT2D eigenvalue weighted by Crippen LogP contribution is -2.24. The van der Waals surface area contributed by atoms with E-state index in [1.165, 1.54) is 24.3 Å². The third kappa shape index (κ3) is 2.82. The molecule has 0 spiro atoms. The fourth-order valence-electron chi connectivity index (χ4n) is 1.46. The first-order valence-corrected chi connectivity index (χ1v) is 5.34. The molecule has 0 saturated heterocycles. The molecule has 92 valence electrons. The molecule has 0 atom stereocenters. The zero-order chi connectivity index (χ0) is 13.0. The molecule has 2 rings (SSSR count). The monoisotopic (exact) mass is 246 g/mol. The average Bonchev–Trinajstić information content (AvgIpc) is 2.37. The number of carbonyl (C=O) groups is 1. The molecule has 2 aromatic rings. The number of nitrogens with zero attached hydrogens (tertiary/aromatic N) is 1. The molecule has 0 saturated carbocycles. The standard InChI is InChI=1S/C13H11FN2O2/c14-12-7-3-5-10(16-12)13(18)15-8-9-4-1-2-6-11(9)17/h1-7,17H,8H2,(H,15,18). The molecule has 1 aromatic carbocycles.